The third-order valence-electron chi connectivity index (χ3n) is 4.23. The van der Waals surface area contributed by atoms with Gasteiger partial charge in [-0.3, -0.25) is 10.2 Å². The van der Waals surface area contributed by atoms with E-state index in [2.05, 4.69) is 30.1 Å². The molecule has 96 valence electrons. The monoisotopic (exact) mass is 235 g/mol. The summed E-state index contributed by atoms with van der Waals surface area (Å²) in [6, 6.07) is 3.56. The Balaban J connectivity index is 1.88. The summed E-state index contributed by atoms with van der Waals surface area (Å²) in [6.45, 7) is 6.33. The van der Waals surface area contributed by atoms with E-state index in [1.165, 1.54) is 38.6 Å². The molecule has 2 aliphatic rings. The van der Waals surface area contributed by atoms with Gasteiger partial charge in [-0.15, -0.1) is 0 Å². The van der Waals surface area contributed by atoms with Gasteiger partial charge in [0, 0.05) is 18.6 Å². The van der Waals surface area contributed by atoms with Crippen molar-refractivity contribution >= 4 is 0 Å². The zero-order valence-electron chi connectivity index (χ0n) is 11.2. The first-order valence-electron chi connectivity index (χ1n) is 7.10. The van der Waals surface area contributed by atoms with Crippen molar-refractivity contribution in [2.45, 2.75) is 64.1 Å². The Kier molecular flexibility index (Phi) is 4.42. The van der Waals surface area contributed by atoms with E-state index in [1.54, 1.807) is 0 Å². The van der Waals surface area contributed by atoms with E-state index in [0.29, 0.717) is 6.04 Å². The van der Waals surface area contributed by atoms with Crippen LogP contribution < -0.4 is 5.32 Å². The summed E-state index contributed by atoms with van der Waals surface area (Å²) in [5.74, 6) is 0.919. The van der Waals surface area contributed by atoms with Crippen LogP contribution in [0.3, 0.4) is 0 Å². The lowest BCUT2D eigenvalue weighted by Crippen LogP contribution is -2.46. The van der Waals surface area contributed by atoms with Gasteiger partial charge in [0.15, 0.2) is 0 Å². The lowest BCUT2D eigenvalue weighted by atomic mass is 9.85. The average Bonchev–Trinajstić information content (AvgIpc) is 2.71. The van der Waals surface area contributed by atoms with Gasteiger partial charge in [-0.2, -0.15) is 5.26 Å². The largest absolute Gasteiger partial charge is 0.299 e. The summed E-state index contributed by atoms with van der Waals surface area (Å²) in [6.07, 6.45) is 6.92. The van der Waals surface area contributed by atoms with Gasteiger partial charge in [0.05, 0.1) is 6.07 Å². The SMILES string of the molecule is CC(C)NC(C#N)CN1CCC2CCCCC21. The van der Waals surface area contributed by atoms with Gasteiger partial charge in [0.1, 0.15) is 6.04 Å². The number of hydrogen-bond donors (Lipinski definition) is 1. The molecule has 0 spiro atoms. The summed E-state index contributed by atoms with van der Waals surface area (Å²) >= 11 is 0. The van der Waals surface area contributed by atoms with Crippen molar-refractivity contribution in [3.05, 3.63) is 0 Å². The number of nitriles is 1. The second-order valence-electron chi connectivity index (χ2n) is 5.90. The molecule has 17 heavy (non-hydrogen) atoms. The molecule has 1 aliphatic heterocycles. The van der Waals surface area contributed by atoms with Crippen LogP contribution in [0.1, 0.15) is 46.0 Å². The fourth-order valence-electron chi connectivity index (χ4n) is 3.50. The first-order chi connectivity index (χ1) is 8.20. The maximum atomic E-state index is 9.19. The molecule has 3 heteroatoms. The molecule has 0 amide bonds. The molecule has 2 rings (SSSR count). The van der Waals surface area contributed by atoms with Gasteiger partial charge in [-0.05, 0) is 45.6 Å². The van der Waals surface area contributed by atoms with Crippen molar-refractivity contribution in [2.24, 2.45) is 5.92 Å². The molecule has 1 saturated heterocycles. The van der Waals surface area contributed by atoms with Gasteiger partial charge in [0.25, 0.3) is 0 Å². The molecule has 0 aromatic rings. The number of hydrogen-bond acceptors (Lipinski definition) is 3. The van der Waals surface area contributed by atoms with E-state index in [-0.39, 0.29) is 6.04 Å². The third kappa shape index (κ3) is 3.20. The van der Waals surface area contributed by atoms with Crippen LogP contribution in [0.2, 0.25) is 0 Å². The Morgan fingerprint density at radius 2 is 2.06 bits per heavy atom. The van der Waals surface area contributed by atoms with Crippen molar-refractivity contribution < 1.29 is 0 Å². The Bertz CT molecular complexity index is 282. The van der Waals surface area contributed by atoms with Crippen LogP contribution in [-0.2, 0) is 0 Å². The van der Waals surface area contributed by atoms with Gasteiger partial charge in [-0.1, -0.05) is 12.8 Å². The molecule has 0 aromatic carbocycles. The first-order valence-corrected chi connectivity index (χ1v) is 7.10. The van der Waals surface area contributed by atoms with Crippen LogP contribution in [0, 0.1) is 17.2 Å². The fourth-order valence-corrected chi connectivity index (χ4v) is 3.50. The number of likely N-dealkylation sites (tertiary alicyclic amines) is 1. The second-order valence-corrected chi connectivity index (χ2v) is 5.90. The molecule has 0 radical (unpaired) electrons. The zero-order chi connectivity index (χ0) is 12.3. The lowest BCUT2D eigenvalue weighted by Gasteiger charge is -2.33. The summed E-state index contributed by atoms with van der Waals surface area (Å²) < 4.78 is 0. The molecule has 1 heterocycles. The van der Waals surface area contributed by atoms with Crippen LogP contribution in [0.25, 0.3) is 0 Å². The molecule has 3 unspecified atom stereocenters. The predicted molar refractivity (Wildman–Crippen MR) is 69.6 cm³/mol. The molecule has 0 aromatic heterocycles. The topological polar surface area (TPSA) is 39.1 Å². The Labute approximate surface area is 105 Å². The molecule has 1 N–H and O–H groups in total. The van der Waals surface area contributed by atoms with Gasteiger partial charge in [-0.25, -0.2) is 0 Å². The molecule has 2 fully saturated rings. The van der Waals surface area contributed by atoms with Gasteiger partial charge in [0.2, 0.25) is 0 Å². The third-order valence-corrected chi connectivity index (χ3v) is 4.23. The number of nitrogens with zero attached hydrogens (tertiary/aromatic N) is 2. The zero-order valence-corrected chi connectivity index (χ0v) is 11.2. The molecule has 3 atom stereocenters. The highest BCUT2D eigenvalue weighted by Crippen LogP contribution is 2.35. The van der Waals surface area contributed by atoms with Crippen LogP contribution in [0.15, 0.2) is 0 Å². The van der Waals surface area contributed by atoms with Crippen molar-refractivity contribution in [1.82, 2.24) is 10.2 Å². The van der Waals surface area contributed by atoms with E-state index in [1.807, 2.05) is 0 Å². The molecule has 0 bridgehead atoms. The minimum absolute atomic E-state index is 0.00400. The standard InChI is InChI=1S/C14H25N3/c1-11(2)16-13(9-15)10-17-8-7-12-5-3-4-6-14(12)17/h11-14,16H,3-8,10H2,1-2H3. The predicted octanol–water partition coefficient (Wildman–Crippen LogP) is 2.14. The number of fused-ring (bicyclic) bond motifs is 1. The Morgan fingerprint density at radius 1 is 1.29 bits per heavy atom. The molecule has 1 saturated carbocycles. The highest BCUT2D eigenvalue weighted by atomic mass is 15.2. The minimum atomic E-state index is -0.00400. The molecule has 3 nitrogen and oxygen atoms in total. The average molecular weight is 235 g/mol. The van der Waals surface area contributed by atoms with Crippen molar-refractivity contribution in [1.29, 1.82) is 5.26 Å². The lowest BCUT2D eigenvalue weighted by molar-refractivity contribution is 0.173. The number of nitrogens with one attached hydrogen (secondary N) is 1. The Hall–Kier alpha value is -0.590. The van der Waals surface area contributed by atoms with E-state index in [0.717, 1.165) is 18.5 Å². The maximum Gasteiger partial charge on any atom is 0.108 e. The van der Waals surface area contributed by atoms with Crippen molar-refractivity contribution in [3.8, 4) is 6.07 Å². The van der Waals surface area contributed by atoms with E-state index >= 15 is 0 Å². The van der Waals surface area contributed by atoms with Crippen LogP contribution in [0.5, 0.6) is 0 Å². The highest BCUT2D eigenvalue weighted by molar-refractivity contribution is 4.97. The smallest absolute Gasteiger partial charge is 0.108 e. The summed E-state index contributed by atoms with van der Waals surface area (Å²) in [4.78, 5) is 2.56. The van der Waals surface area contributed by atoms with Crippen LogP contribution in [-0.4, -0.2) is 36.1 Å². The van der Waals surface area contributed by atoms with Crippen LogP contribution in [0.4, 0.5) is 0 Å². The number of rotatable bonds is 4. The van der Waals surface area contributed by atoms with Gasteiger partial charge >= 0.3 is 0 Å². The van der Waals surface area contributed by atoms with E-state index < -0.39 is 0 Å². The molecule has 1 aliphatic carbocycles. The molecular weight excluding hydrogens is 210 g/mol. The van der Waals surface area contributed by atoms with Crippen molar-refractivity contribution in [2.75, 3.05) is 13.1 Å². The molecular formula is C14H25N3. The maximum absolute atomic E-state index is 9.19. The quantitative estimate of drug-likeness (QED) is 0.811. The summed E-state index contributed by atoms with van der Waals surface area (Å²) in [5.41, 5.74) is 0. The van der Waals surface area contributed by atoms with Crippen LogP contribution >= 0.6 is 0 Å². The van der Waals surface area contributed by atoms with E-state index in [4.69, 9.17) is 0 Å². The van der Waals surface area contributed by atoms with E-state index in [9.17, 15) is 5.26 Å². The normalized spacial score (nSPS) is 31.2. The fraction of sp³-hybridized carbons (Fsp3) is 0.929. The van der Waals surface area contributed by atoms with Crippen molar-refractivity contribution in [3.63, 3.8) is 0 Å². The highest BCUT2D eigenvalue weighted by Gasteiger charge is 2.36. The summed E-state index contributed by atoms with van der Waals surface area (Å²) in [7, 11) is 0. The van der Waals surface area contributed by atoms with Gasteiger partial charge < -0.3 is 0 Å². The first kappa shape index (κ1) is 12.9. The Morgan fingerprint density at radius 3 is 2.76 bits per heavy atom. The summed E-state index contributed by atoms with van der Waals surface area (Å²) in [5, 5.41) is 12.5. The second kappa shape index (κ2) is 5.84. The minimum Gasteiger partial charge on any atom is -0.299 e.